The van der Waals surface area contributed by atoms with E-state index in [-0.39, 0.29) is 5.56 Å². The lowest BCUT2D eigenvalue weighted by molar-refractivity contribution is 0.414. The largest absolute Gasteiger partial charge is 0.496 e. The molecule has 0 aliphatic heterocycles. The Bertz CT molecular complexity index is 1060. The predicted molar refractivity (Wildman–Crippen MR) is 86.8 cm³/mol. The molecule has 3 aromatic rings. The van der Waals surface area contributed by atoms with Gasteiger partial charge in [0.05, 0.1) is 18.2 Å². The first-order chi connectivity index (χ1) is 11.3. The number of H-pyrrole nitrogens is 1. The third kappa shape index (κ3) is 2.32. The van der Waals surface area contributed by atoms with Crippen molar-refractivity contribution in [2.75, 3.05) is 7.11 Å². The molecule has 1 N–H and O–H groups in total. The number of para-hydroxylation sites is 1. The summed E-state index contributed by atoms with van der Waals surface area (Å²) in [5, 5.41) is 5.93. The van der Waals surface area contributed by atoms with Crippen LogP contribution in [0, 0.1) is 0 Å². The summed E-state index contributed by atoms with van der Waals surface area (Å²) in [6, 6.07) is 7.55. The molecule has 0 saturated heterocycles. The lowest BCUT2D eigenvalue weighted by atomic mass is 10.1. The minimum Gasteiger partial charge on any atom is -0.496 e. The van der Waals surface area contributed by atoms with Gasteiger partial charge in [0.25, 0.3) is 5.56 Å². The number of methoxy groups -OCH3 is 1. The van der Waals surface area contributed by atoms with Crippen LogP contribution in [0.4, 0.5) is 0 Å². The lowest BCUT2D eigenvalue weighted by Crippen LogP contribution is -2.30. The fraction of sp³-hybridized carbons (Fsp3) is 0.235. The van der Waals surface area contributed by atoms with Crippen LogP contribution in [0.25, 0.3) is 17.9 Å². The zero-order chi connectivity index (χ0) is 15.8. The molecule has 0 saturated carbocycles. The maximum atomic E-state index is 12.3. The molecule has 0 amide bonds. The van der Waals surface area contributed by atoms with Crippen LogP contribution in [0.3, 0.4) is 0 Å². The van der Waals surface area contributed by atoms with Crippen molar-refractivity contribution in [3.63, 3.8) is 0 Å². The summed E-state index contributed by atoms with van der Waals surface area (Å²) in [6.45, 7) is 0. The fourth-order valence-corrected chi connectivity index (χ4v) is 2.87. The van der Waals surface area contributed by atoms with Crippen LogP contribution in [0.1, 0.15) is 24.1 Å². The first-order valence-electron chi connectivity index (χ1n) is 7.59. The summed E-state index contributed by atoms with van der Waals surface area (Å²) in [5.74, 6) is 1.18. The highest BCUT2D eigenvalue weighted by molar-refractivity contribution is 5.56. The van der Waals surface area contributed by atoms with E-state index in [9.17, 15) is 4.79 Å². The van der Waals surface area contributed by atoms with E-state index in [0.717, 1.165) is 35.9 Å². The number of ether oxygens (including phenoxy) is 1. The van der Waals surface area contributed by atoms with Crippen LogP contribution in [0.15, 0.2) is 29.1 Å². The van der Waals surface area contributed by atoms with E-state index >= 15 is 0 Å². The zero-order valence-corrected chi connectivity index (χ0v) is 12.7. The molecule has 0 spiro atoms. The number of fused-ring (bicyclic) bond motifs is 2. The van der Waals surface area contributed by atoms with Crippen molar-refractivity contribution >= 4 is 17.9 Å². The molecule has 0 radical (unpaired) electrons. The van der Waals surface area contributed by atoms with Crippen molar-refractivity contribution in [1.82, 2.24) is 19.6 Å². The Morgan fingerprint density at radius 3 is 3.09 bits per heavy atom. The normalized spacial score (nSPS) is 14.6. The number of rotatable bonds is 2. The molecule has 4 rings (SSSR count). The van der Waals surface area contributed by atoms with Gasteiger partial charge < -0.3 is 4.74 Å². The summed E-state index contributed by atoms with van der Waals surface area (Å²) in [7, 11) is 1.61. The van der Waals surface area contributed by atoms with Crippen molar-refractivity contribution in [3.8, 4) is 5.75 Å². The Hall–Kier alpha value is -2.89. The molecule has 6 heteroatoms. The van der Waals surface area contributed by atoms with Gasteiger partial charge in [-0.25, -0.2) is 4.98 Å². The van der Waals surface area contributed by atoms with Gasteiger partial charge in [0.1, 0.15) is 11.1 Å². The maximum absolute atomic E-state index is 12.3. The van der Waals surface area contributed by atoms with E-state index in [1.165, 1.54) is 0 Å². The Morgan fingerprint density at radius 1 is 1.35 bits per heavy atom. The third-order valence-electron chi connectivity index (χ3n) is 4.02. The molecule has 23 heavy (non-hydrogen) atoms. The highest BCUT2D eigenvalue weighted by Gasteiger charge is 2.11. The van der Waals surface area contributed by atoms with Crippen molar-refractivity contribution in [2.24, 2.45) is 0 Å². The Morgan fingerprint density at radius 2 is 2.22 bits per heavy atom. The van der Waals surface area contributed by atoms with Crippen molar-refractivity contribution in [2.45, 2.75) is 19.3 Å². The van der Waals surface area contributed by atoms with Gasteiger partial charge in [0, 0.05) is 5.56 Å². The van der Waals surface area contributed by atoms with Gasteiger partial charge in [-0.2, -0.15) is 9.61 Å². The number of imidazole rings is 1. The fourth-order valence-electron chi connectivity index (χ4n) is 2.87. The number of benzene rings is 1. The molecule has 2 aromatic heterocycles. The average molecular weight is 308 g/mol. The Balaban J connectivity index is 2.02. The highest BCUT2D eigenvalue weighted by Crippen LogP contribution is 2.17. The molecular formula is C17H16N4O2. The Kier molecular flexibility index (Phi) is 3.22. The van der Waals surface area contributed by atoms with E-state index in [4.69, 9.17) is 4.74 Å². The smallest absolute Gasteiger partial charge is 0.276 e. The molecule has 116 valence electrons. The number of hydrogen-bond donors (Lipinski definition) is 1. The summed E-state index contributed by atoms with van der Waals surface area (Å²) >= 11 is 0. The summed E-state index contributed by atoms with van der Waals surface area (Å²) in [5.41, 5.74) is 1.55. The highest BCUT2D eigenvalue weighted by atomic mass is 16.5. The third-order valence-corrected chi connectivity index (χ3v) is 4.02. The summed E-state index contributed by atoms with van der Waals surface area (Å²) < 4.78 is 6.93. The Labute approximate surface area is 131 Å². The van der Waals surface area contributed by atoms with Crippen molar-refractivity contribution in [3.05, 3.63) is 56.6 Å². The van der Waals surface area contributed by atoms with Crippen LogP contribution >= 0.6 is 0 Å². The summed E-state index contributed by atoms with van der Waals surface area (Å²) in [6.07, 6.45) is 6.80. The van der Waals surface area contributed by atoms with Crippen LogP contribution in [-0.2, 0) is 6.42 Å². The van der Waals surface area contributed by atoms with Crippen LogP contribution < -0.4 is 21.0 Å². The molecule has 0 atom stereocenters. The second-order valence-electron chi connectivity index (χ2n) is 5.50. The number of aromatic nitrogens is 4. The number of aromatic amines is 1. The molecule has 1 aliphatic rings. The molecule has 0 unspecified atom stereocenters. The minimum absolute atomic E-state index is 0.210. The van der Waals surface area contributed by atoms with Gasteiger partial charge in [0.2, 0.25) is 5.78 Å². The van der Waals surface area contributed by atoms with Gasteiger partial charge in [-0.3, -0.25) is 9.78 Å². The predicted octanol–water partition coefficient (Wildman–Crippen LogP) is 0.372. The average Bonchev–Trinajstić information content (AvgIpc) is 2.88. The van der Waals surface area contributed by atoms with E-state index in [1.807, 2.05) is 24.3 Å². The zero-order valence-electron chi connectivity index (χ0n) is 12.7. The van der Waals surface area contributed by atoms with Crippen LogP contribution in [0.5, 0.6) is 5.75 Å². The first kappa shape index (κ1) is 13.8. The van der Waals surface area contributed by atoms with Gasteiger partial charge in [-0.05, 0) is 31.4 Å². The first-order valence-corrected chi connectivity index (χ1v) is 7.59. The number of hydrogen-bond acceptors (Lipinski definition) is 4. The molecule has 0 fully saturated rings. The van der Waals surface area contributed by atoms with Gasteiger partial charge >= 0.3 is 0 Å². The van der Waals surface area contributed by atoms with E-state index in [1.54, 1.807) is 17.7 Å². The van der Waals surface area contributed by atoms with Gasteiger partial charge in [-0.15, -0.1) is 0 Å². The molecule has 0 bridgehead atoms. The maximum Gasteiger partial charge on any atom is 0.276 e. The topological polar surface area (TPSA) is 72.3 Å². The van der Waals surface area contributed by atoms with E-state index in [2.05, 4.69) is 21.1 Å². The van der Waals surface area contributed by atoms with E-state index in [0.29, 0.717) is 16.9 Å². The van der Waals surface area contributed by atoms with E-state index < -0.39 is 0 Å². The molecular weight excluding hydrogens is 292 g/mol. The quantitative estimate of drug-likeness (QED) is 0.742. The van der Waals surface area contributed by atoms with Crippen LogP contribution in [0.2, 0.25) is 0 Å². The van der Waals surface area contributed by atoms with Gasteiger partial charge in [0.15, 0.2) is 0 Å². The minimum atomic E-state index is -0.210. The number of aryl methyl sites for hydroxylation is 1. The SMILES string of the molecule is COc1ccccc1/C=c1\c(=O)[nH]c2nc3c(nn12)CCCC=3. The van der Waals surface area contributed by atoms with Gasteiger partial charge in [-0.1, -0.05) is 24.3 Å². The monoisotopic (exact) mass is 308 g/mol. The van der Waals surface area contributed by atoms with Crippen molar-refractivity contribution < 1.29 is 4.74 Å². The number of nitrogens with one attached hydrogen (secondary N) is 1. The second kappa shape index (κ2) is 5.39. The molecule has 6 nitrogen and oxygen atoms in total. The molecule has 1 aromatic carbocycles. The molecule has 2 heterocycles. The number of nitrogens with zero attached hydrogens (tertiary/aromatic N) is 3. The lowest BCUT2D eigenvalue weighted by Gasteiger charge is -2.06. The van der Waals surface area contributed by atoms with Crippen LogP contribution in [-0.4, -0.2) is 26.7 Å². The molecule has 1 aliphatic carbocycles. The van der Waals surface area contributed by atoms with Crippen molar-refractivity contribution in [1.29, 1.82) is 0 Å². The summed E-state index contributed by atoms with van der Waals surface area (Å²) in [4.78, 5) is 19.6. The second-order valence-corrected chi connectivity index (χ2v) is 5.50. The standard InChI is InChI=1S/C17H16N4O2/c1-23-15-9-5-2-6-11(15)10-14-16(22)19-17-18-12-7-3-4-8-13(12)20-21(14)17/h2,5-7,9-10H,3-4,8H2,1H3,(H,18,19,22)/b14-10+.